The summed E-state index contributed by atoms with van der Waals surface area (Å²) in [6, 6.07) is 9.86. The van der Waals surface area contributed by atoms with Gasteiger partial charge in [-0.25, -0.2) is 0 Å². The number of benzene rings is 1. The number of nitrogens with zero attached hydrogens (tertiary/aromatic N) is 2. The van der Waals surface area contributed by atoms with Crippen molar-refractivity contribution in [2.45, 2.75) is 0 Å². The molecule has 1 heterocycles. The Kier molecular flexibility index (Phi) is 2.08. The Morgan fingerprint density at radius 1 is 1.21 bits per heavy atom. The number of aryl methyl sites for hydroxylation is 1. The maximum atomic E-state index is 5.28. The van der Waals surface area contributed by atoms with Gasteiger partial charge in [0.05, 0.1) is 5.69 Å². The molecule has 0 unspecified atom stereocenters. The fourth-order valence-corrected chi connectivity index (χ4v) is 1.39. The SMILES string of the molecule is C#Cc1ccc(-c2ccnn2C)cc1. The van der Waals surface area contributed by atoms with Crippen molar-refractivity contribution in [3.8, 4) is 23.6 Å². The Labute approximate surface area is 83.2 Å². The van der Waals surface area contributed by atoms with E-state index in [1.807, 2.05) is 42.1 Å². The smallest absolute Gasteiger partial charge is 0.0678 e. The lowest BCUT2D eigenvalue weighted by atomic mass is 10.1. The molecule has 0 aliphatic rings. The highest BCUT2D eigenvalue weighted by Crippen LogP contribution is 2.17. The van der Waals surface area contributed by atoms with Gasteiger partial charge in [0.1, 0.15) is 0 Å². The van der Waals surface area contributed by atoms with Crippen molar-refractivity contribution < 1.29 is 0 Å². The molecule has 2 aromatic rings. The summed E-state index contributed by atoms with van der Waals surface area (Å²) in [5.74, 6) is 2.59. The summed E-state index contributed by atoms with van der Waals surface area (Å²) < 4.78 is 1.84. The Morgan fingerprint density at radius 2 is 1.93 bits per heavy atom. The van der Waals surface area contributed by atoms with E-state index < -0.39 is 0 Å². The molecule has 2 heteroatoms. The fraction of sp³-hybridized carbons (Fsp3) is 0.0833. The van der Waals surface area contributed by atoms with Crippen molar-refractivity contribution >= 4 is 0 Å². The summed E-state index contributed by atoms with van der Waals surface area (Å²) in [6.45, 7) is 0. The minimum atomic E-state index is 0.899. The van der Waals surface area contributed by atoms with Crippen LogP contribution in [0.4, 0.5) is 0 Å². The van der Waals surface area contributed by atoms with Gasteiger partial charge in [-0.15, -0.1) is 6.42 Å². The van der Waals surface area contributed by atoms with Crippen LogP contribution in [-0.4, -0.2) is 9.78 Å². The molecule has 0 aliphatic carbocycles. The van der Waals surface area contributed by atoms with Crippen LogP contribution in [0.1, 0.15) is 5.56 Å². The van der Waals surface area contributed by atoms with Gasteiger partial charge in [0.2, 0.25) is 0 Å². The lowest BCUT2D eigenvalue weighted by Crippen LogP contribution is -1.92. The minimum Gasteiger partial charge on any atom is -0.268 e. The number of terminal acetylenes is 1. The highest BCUT2D eigenvalue weighted by Gasteiger charge is 2.00. The van der Waals surface area contributed by atoms with E-state index in [0.29, 0.717) is 0 Å². The van der Waals surface area contributed by atoms with Gasteiger partial charge >= 0.3 is 0 Å². The van der Waals surface area contributed by atoms with Gasteiger partial charge in [-0.05, 0) is 23.8 Å². The third kappa shape index (κ3) is 1.40. The lowest BCUT2D eigenvalue weighted by molar-refractivity contribution is 0.776. The Balaban J connectivity index is 2.45. The van der Waals surface area contributed by atoms with E-state index in [0.717, 1.165) is 16.8 Å². The monoisotopic (exact) mass is 182 g/mol. The molecule has 0 saturated carbocycles. The topological polar surface area (TPSA) is 17.8 Å². The largest absolute Gasteiger partial charge is 0.268 e. The zero-order valence-electron chi connectivity index (χ0n) is 7.94. The Bertz CT molecular complexity index is 472. The molecule has 2 nitrogen and oxygen atoms in total. The fourth-order valence-electron chi connectivity index (χ4n) is 1.39. The van der Waals surface area contributed by atoms with Crippen molar-refractivity contribution in [1.29, 1.82) is 0 Å². The molecule has 1 aromatic carbocycles. The van der Waals surface area contributed by atoms with Gasteiger partial charge in [0, 0.05) is 18.8 Å². The van der Waals surface area contributed by atoms with Crippen LogP contribution in [0, 0.1) is 12.3 Å². The zero-order chi connectivity index (χ0) is 9.97. The third-order valence-corrected chi connectivity index (χ3v) is 2.17. The molecule has 0 saturated heterocycles. The molecule has 14 heavy (non-hydrogen) atoms. The second-order valence-corrected chi connectivity index (χ2v) is 3.06. The highest BCUT2D eigenvalue weighted by atomic mass is 15.2. The molecule has 1 aromatic heterocycles. The first-order valence-electron chi connectivity index (χ1n) is 4.36. The summed E-state index contributed by atoms with van der Waals surface area (Å²) in [5, 5.41) is 4.11. The van der Waals surface area contributed by atoms with E-state index >= 15 is 0 Å². The number of hydrogen-bond donors (Lipinski definition) is 0. The molecule has 0 N–H and O–H groups in total. The molecular formula is C12H10N2. The summed E-state index contributed by atoms with van der Waals surface area (Å²) in [6.07, 6.45) is 7.06. The Morgan fingerprint density at radius 3 is 2.43 bits per heavy atom. The number of hydrogen-bond acceptors (Lipinski definition) is 1. The standard InChI is InChI=1S/C12H10N2/c1-3-10-4-6-11(7-5-10)12-8-9-13-14(12)2/h1,4-9H,2H3. The molecule has 0 amide bonds. The average Bonchev–Trinajstić information content (AvgIpc) is 2.65. The van der Waals surface area contributed by atoms with Gasteiger partial charge < -0.3 is 0 Å². The molecule has 68 valence electrons. The zero-order valence-corrected chi connectivity index (χ0v) is 7.94. The van der Waals surface area contributed by atoms with Crippen molar-refractivity contribution in [3.05, 3.63) is 42.1 Å². The maximum Gasteiger partial charge on any atom is 0.0678 e. The van der Waals surface area contributed by atoms with Crippen LogP contribution < -0.4 is 0 Å². The summed E-state index contributed by atoms with van der Waals surface area (Å²) in [7, 11) is 1.92. The second-order valence-electron chi connectivity index (χ2n) is 3.06. The molecule has 0 radical (unpaired) electrons. The summed E-state index contributed by atoms with van der Waals surface area (Å²) >= 11 is 0. The van der Waals surface area contributed by atoms with E-state index in [1.165, 1.54) is 0 Å². The first-order valence-corrected chi connectivity index (χ1v) is 4.36. The van der Waals surface area contributed by atoms with Gasteiger partial charge in [-0.1, -0.05) is 18.1 Å². The average molecular weight is 182 g/mol. The number of aromatic nitrogens is 2. The van der Waals surface area contributed by atoms with Crippen molar-refractivity contribution in [3.63, 3.8) is 0 Å². The molecule has 0 fully saturated rings. The van der Waals surface area contributed by atoms with E-state index in [4.69, 9.17) is 6.42 Å². The van der Waals surface area contributed by atoms with Gasteiger partial charge in [-0.2, -0.15) is 5.10 Å². The van der Waals surface area contributed by atoms with Crippen molar-refractivity contribution in [2.24, 2.45) is 7.05 Å². The van der Waals surface area contributed by atoms with Crippen LogP contribution in [-0.2, 0) is 7.05 Å². The molecule has 0 bridgehead atoms. The first kappa shape index (κ1) is 8.58. The van der Waals surface area contributed by atoms with Gasteiger partial charge in [-0.3, -0.25) is 4.68 Å². The molecule has 0 atom stereocenters. The van der Waals surface area contributed by atoms with Crippen LogP contribution in [0.15, 0.2) is 36.5 Å². The normalized spacial score (nSPS) is 9.71. The molecule has 0 spiro atoms. The maximum absolute atomic E-state index is 5.28. The second kappa shape index (κ2) is 3.39. The number of rotatable bonds is 1. The minimum absolute atomic E-state index is 0.899. The van der Waals surface area contributed by atoms with Crippen molar-refractivity contribution in [1.82, 2.24) is 9.78 Å². The van der Waals surface area contributed by atoms with Crippen LogP contribution in [0.3, 0.4) is 0 Å². The molecule has 0 aliphatic heterocycles. The van der Waals surface area contributed by atoms with Gasteiger partial charge in [0.15, 0.2) is 0 Å². The summed E-state index contributed by atoms with van der Waals surface area (Å²) in [5.41, 5.74) is 3.12. The molecule has 2 rings (SSSR count). The predicted molar refractivity (Wildman–Crippen MR) is 56.6 cm³/mol. The Hall–Kier alpha value is -2.01. The lowest BCUT2D eigenvalue weighted by Gasteiger charge is -2.01. The van der Waals surface area contributed by atoms with Crippen LogP contribution in [0.2, 0.25) is 0 Å². The summed E-state index contributed by atoms with van der Waals surface area (Å²) in [4.78, 5) is 0. The van der Waals surface area contributed by atoms with E-state index in [1.54, 1.807) is 6.20 Å². The quantitative estimate of drug-likeness (QED) is 0.617. The van der Waals surface area contributed by atoms with Crippen LogP contribution in [0.25, 0.3) is 11.3 Å². The first-order chi connectivity index (χ1) is 6.81. The molecular weight excluding hydrogens is 172 g/mol. The van der Waals surface area contributed by atoms with Crippen LogP contribution >= 0.6 is 0 Å². The van der Waals surface area contributed by atoms with E-state index in [2.05, 4.69) is 11.0 Å². The van der Waals surface area contributed by atoms with E-state index in [-0.39, 0.29) is 0 Å². The van der Waals surface area contributed by atoms with Crippen molar-refractivity contribution in [2.75, 3.05) is 0 Å². The third-order valence-electron chi connectivity index (χ3n) is 2.17. The van der Waals surface area contributed by atoms with Gasteiger partial charge in [0.25, 0.3) is 0 Å². The van der Waals surface area contributed by atoms with E-state index in [9.17, 15) is 0 Å². The highest BCUT2D eigenvalue weighted by molar-refractivity contribution is 5.60. The van der Waals surface area contributed by atoms with Crippen LogP contribution in [0.5, 0.6) is 0 Å². The predicted octanol–water partition coefficient (Wildman–Crippen LogP) is 2.07.